The van der Waals surface area contributed by atoms with Crippen LogP contribution in [0.25, 0.3) is 0 Å². The molecule has 0 saturated carbocycles. The van der Waals surface area contributed by atoms with Gasteiger partial charge in [-0.3, -0.25) is 4.79 Å². The van der Waals surface area contributed by atoms with Crippen LogP contribution < -0.4 is 5.32 Å². The molecule has 1 aromatic rings. The maximum Gasteiger partial charge on any atom is 0.247 e. The number of carbonyl (C=O) groups is 1. The van der Waals surface area contributed by atoms with Gasteiger partial charge < -0.3 is 5.32 Å². The number of para-hydroxylation sites is 1. The van der Waals surface area contributed by atoms with Crippen molar-refractivity contribution in [3.05, 3.63) is 30.3 Å². The molecule has 70 valence electrons. The number of anilines is 1. The Morgan fingerprint density at radius 3 is 2.62 bits per heavy atom. The Balaban J connectivity index is 2.55. The summed E-state index contributed by atoms with van der Waals surface area (Å²) in [5, 5.41) is 2.83. The SMILES string of the molecule is CSC(I)C(=O)Nc1ccccc1. The van der Waals surface area contributed by atoms with E-state index in [2.05, 4.69) is 27.9 Å². The number of benzene rings is 1. The number of nitrogens with one attached hydrogen (secondary N) is 1. The highest BCUT2D eigenvalue weighted by Crippen LogP contribution is 2.16. The summed E-state index contributed by atoms with van der Waals surface area (Å²) in [4.78, 5) is 11.4. The van der Waals surface area contributed by atoms with Crippen LogP contribution in [0.2, 0.25) is 0 Å². The fourth-order valence-electron chi connectivity index (χ4n) is 0.828. The lowest BCUT2D eigenvalue weighted by Gasteiger charge is -2.07. The molecule has 0 bridgehead atoms. The van der Waals surface area contributed by atoms with Crippen molar-refractivity contribution >= 4 is 45.9 Å². The Morgan fingerprint density at radius 2 is 2.08 bits per heavy atom. The normalized spacial score (nSPS) is 12.2. The van der Waals surface area contributed by atoms with Crippen LogP contribution in [0.3, 0.4) is 0 Å². The molecule has 0 aliphatic heterocycles. The van der Waals surface area contributed by atoms with E-state index in [9.17, 15) is 4.79 Å². The molecule has 1 amide bonds. The van der Waals surface area contributed by atoms with Gasteiger partial charge in [0.1, 0.15) is 3.26 Å². The lowest BCUT2D eigenvalue weighted by molar-refractivity contribution is -0.114. The third-order valence-electron chi connectivity index (χ3n) is 1.45. The number of halogens is 1. The number of rotatable bonds is 3. The first kappa shape index (κ1) is 10.8. The van der Waals surface area contributed by atoms with Gasteiger partial charge in [-0.1, -0.05) is 40.8 Å². The highest BCUT2D eigenvalue weighted by atomic mass is 127. The molecule has 1 N–H and O–H groups in total. The Morgan fingerprint density at radius 1 is 1.46 bits per heavy atom. The Labute approximate surface area is 95.6 Å². The summed E-state index contributed by atoms with van der Waals surface area (Å²) in [6.07, 6.45) is 1.92. The second kappa shape index (κ2) is 5.49. The zero-order valence-electron chi connectivity index (χ0n) is 7.16. The first-order chi connectivity index (χ1) is 6.24. The molecule has 1 unspecified atom stereocenters. The second-order valence-electron chi connectivity index (χ2n) is 2.41. The molecule has 1 rings (SSSR count). The fraction of sp³-hybridized carbons (Fsp3) is 0.222. The van der Waals surface area contributed by atoms with Gasteiger partial charge in [0.2, 0.25) is 5.91 Å². The highest BCUT2D eigenvalue weighted by Gasteiger charge is 2.11. The minimum atomic E-state index is -0.0298. The summed E-state index contributed by atoms with van der Waals surface area (Å²) in [6, 6.07) is 9.47. The summed E-state index contributed by atoms with van der Waals surface area (Å²) >= 11 is 3.64. The van der Waals surface area contributed by atoms with Crippen molar-refractivity contribution in [2.45, 2.75) is 3.26 Å². The first-order valence-corrected chi connectivity index (χ1v) is 6.30. The molecule has 0 fully saturated rings. The minimum absolute atomic E-state index is 0.0298. The zero-order valence-corrected chi connectivity index (χ0v) is 10.1. The number of hydrogen-bond acceptors (Lipinski definition) is 2. The van der Waals surface area contributed by atoms with Crippen molar-refractivity contribution < 1.29 is 4.79 Å². The number of alkyl halides is 1. The van der Waals surface area contributed by atoms with E-state index in [1.807, 2.05) is 36.6 Å². The van der Waals surface area contributed by atoms with E-state index >= 15 is 0 Å². The van der Waals surface area contributed by atoms with Gasteiger partial charge in [-0.2, -0.15) is 0 Å². The summed E-state index contributed by atoms with van der Waals surface area (Å²) in [6.45, 7) is 0. The van der Waals surface area contributed by atoms with E-state index in [1.165, 1.54) is 11.8 Å². The Kier molecular flexibility index (Phi) is 4.58. The molecular weight excluding hydrogens is 297 g/mol. The van der Waals surface area contributed by atoms with Crippen LogP contribution in [-0.4, -0.2) is 15.4 Å². The van der Waals surface area contributed by atoms with Gasteiger partial charge >= 0.3 is 0 Å². The summed E-state index contributed by atoms with van der Waals surface area (Å²) < 4.78 is -0.0298. The van der Waals surface area contributed by atoms with Crippen LogP contribution >= 0.6 is 34.4 Å². The van der Waals surface area contributed by atoms with Crippen LogP contribution in [0.15, 0.2) is 30.3 Å². The van der Waals surface area contributed by atoms with Gasteiger partial charge in [-0.15, -0.1) is 11.8 Å². The van der Waals surface area contributed by atoms with Crippen molar-refractivity contribution in [2.75, 3.05) is 11.6 Å². The van der Waals surface area contributed by atoms with Crippen LogP contribution in [0, 0.1) is 0 Å². The lowest BCUT2D eigenvalue weighted by atomic mass is 10.3. The van der Waals surface area contributed by atoms with Crippen LogP contribution in [-0.2, 0) is 4.79 Å². The van der Waals surface area contributed by atoms with E-state index < -0.39 is 0 Å². The van der Waals surface area contributed by atoms with Crippen molar-refractivity contribution in [1.82, 2.24) is 0 Å². The zero-order chi connectivity index (χ0) is 9.68. The molecule has 0 radical (unpaired) electrons. The minimum Gasteiger partial charge on any atom is -0.324 e. The lowest BCUT2D eigenvalue weighted by Crippen LogP contribution is -2.19. The molecule has 1 atom stereocenters. The molecule has 13 heavy (non-hydrogen) atoms. The molecule has 0 spiro atoms. The second-order valence-corrected chi connectivity index (χ2v) is 5.44. The Hall–Kier alpha value is -0.230. The third-order valence-corrected chi connectivity index (χ3v) is 4.17. The van der Waals surface area contributed by atoms with Gasteiger partial charge in [-0.05, 0) is 18.4 Å². The highest BCUT2D eigenvalue weighted by molar-refractivity contribution is 14.1. The smallest absolute Gasteiger partial charge is 0.247 e. The molecule has 0 aromatic heterocycles. The summed E-state index contributed by atoms with van der Waals surface area (Å²) in [7, 11) is 0. The average Bonchev–Trinajstić information content (AvgIpc) is 2.18. The van der Waals surface area contributed by atoms with Gasteiger partial charge in [0.25, 0.3) is 0 Å². The van der Waals surface area contributed by atoms with Crippen LogP contribution in [0.4, 0.5) is 5.69 Å². The fourth-order valence-corrected chi connectivity index (χ4v) is 1.26. The van der Waals surface area contributed by atoms with Crippen LogP contribution in [0.5, 0.6) is 0 Å². The number of thioether (sulfide) groups is 1. The maximum atomic E-state index is 11.4. The molecular formula is C9H10INOS. The van der Waals surface area contributed by atoms with E-state index in [4.69, 9.17) is 0 Å². The first-order valence-electron chi connectivity index (χ1n) is 3.77. The molecule has 0 saturated heterocycles. The van der Waals surface area contributed by atoms with Crippen molar-refractivity contribution in [3.8, 4) is 0 Å². The van der Waals surface area contributed by atoms with E-state index in [1.54, 1.807) is 0 Å². The number of carbonyl (C=O) groups excluding carboxylic acids is 1. The van der Waals surface area contributed by atoms with Crippen LogP contribution in [0.1, 0.15) is 0 Å². The van der Waals surface area contributed by atoms with Crippen molar-refractivity contribution in [1.29, 1.82) is 0 Å². The van der Waals surface area contributed by atoms with Gasteiger partial charge in [0.05, 0.1) is 0 Å². The van der Waals surface area contributed by atoms with Gasteiger partial charge in [0.15, 0.2) is 0 Å². The number of amides is 1. The molecule has 2 nitrogen and oxygen atoms in total. The molecule has 0 heterocycles. The molecule has 0 aliphatic rings. The predicted molar refractivity (Wildman–Crippen MR) is 66.4 cm³/mol. The van der Waals surface area contributed by atoms with Crippen molar-refractivity contribution in [2.24, 2.45) is 0 Å². The van der Waals surface area contributed by atoms with Gasteiger partial charge in [0, 0.05) is 5.69 Å². The third kappa shape index (κ3) is 3.56. The molecule has 4 heteroatoms. The monoisotopic (exact) mass is 307 g/mol. The maximum absolute atomic E-state index is 11.4. The summed E-state index contributed by atoms with van der Waals surface area (Å²) in [5.74, 6) is 0.0410. The number of hydrogen-bond donors (Lipinski definition) is 1. The van der Waals surface area contributed by atoms with E-state index in [0.29, 0.717) is 0 Å². The Bertz CT molecular complexity index is 278. The topological polar surface area (TPSA) is 29.1 Å². The quantitative estimate of drug-likeness (QED) is 0.687. The predicted octanol–water partition coefficient (Wildman–Crippen LogP) is 2.75. The largest absolute Gasteiger partial charge is 0.324 e. The van der Waals surface area contributed by atoms with Gasteiger partial charge in [-0.25, -0.2) is 0 Å². The van der Waals surface area contributed by atoms with E-state index in [0.717, 1.165) is 5.69 Å². The average molecular weight is 307 g/mol. The summed E-state index contributed by atoms with van der Waals surface area (Å²) in [5.41, 5.74) is 0.850. The standard InChI is InChI=1S/C9H10INOS/c1-13-8(10)9(12)11-7-5-3-2-4-6-7/h2-6,8H,1H3,(H,11,12). The molecule has 1 aromatic carbocycles. The van der Waals surface area contributed by atoms with Crippen molar-refractivity contribution in [3.63, 3.8) is 0 Å². The van der Waals surface area contributed by atoms with E-state index in [-0.39, 0.29) is 9.16 Å². The molecule has 0 aliphatic carbocycles.